The Morgan fingerprint density at radius 2 is 1.59 bits per heavy atom. The van der Waals surface area contributed by atoms with E-state index in [2.05, 4.69) is 34.6 Å². The first-order valence-corrected chi connectivity index (χ1v) is 20.3. The minimum Gasteiger partial charge on any atom is -0.394 e. The molecule has 9 N–H and O–H groups in total. The quantitative estimate of drug-likeness (QED) is 0.117. The predicted molar refractivity (Wildman–Crippen MR) is 193 cm³/mol. The number of aliphatic hydroxyl groups is 9. The second-order valence-corrected chi connectivity index (χ2v) is 18.4. The van der Waals surface area contributed by atoms with Gasteiger partial charge in [0.15, 0.2) is 12.6 Å². The summed E-state index contributed by atoms with van der Waals surface area (Å²) >= 11 is 0. The summed E-state index contributed by atoms with van der Waals surface area (Å²) in [5, 5.41) is 98.4. The van der Waals surface area contributed by atoms with Crippen molar-refractivity contribution in [2.45, 2.75) is 165 Å². The standard InChI is InChI=1S/C40H68O14/c1-19(2)21(11-14-51-36-33(48)30(45)26(17-41)54-36)8-7-20(3)28-31(46)32(47)35-39(28,5)13-10-27-38(4)12-9-22(15-23(38)24(42)16-40(27,35)49)53-37-34(50-6)29(44)25(43)18-52-37/h15,19-22,24-37,41-49H,7-14,16-18H2,1-6H3/t20-,21-,22+,24-,25-,26+,27-,28+,29+,30+,31-,32+,33-,34-,35+,36-,37+,38+,39-,40+/m1/s1. The number of methoxy groups -OCH3 is 1. The van der Waals surface area contributed by atoms with Crippen molar-refractivity contribution in [3.05, 3.63) is 11.6 Å². The van der Waals surface area contributed by atoms with Crippen LogP contribution < -0.4 is 0 Å². The lowest BCUT2D eigenvalue weighted by molar-refractivity contribution is -0.285. The van der Waals surface area contributed by atoms with Gasteiger partial charge in [0.25, 0.3) is 0 Å². The minimum atomic E-state index is -1.41. The fourth-order valence-electron chi connectivity index (χ4n) is 12.2. The SMILES string of the molecule is CO[C@H]1[C@H](O[C@@H]2C=C3[C@H](O)C[C@@]4(O)[C@H]5[C@@H](O)[C@H](O)[C@H]([C@H](C)CC[C@H](CCO[C@@H]6O[C@@H](CO)[C@H](O)[C@H]6O)C(C)C)[C@@]5(C)CC[C@@H]4[C@@]3(C)CC2)OC[C@@H](O)[C@@H]1O. The Kier molecular flexibility index (Phi) is 13.0. The van der Waals surface area contributed by atoms with Crippen LogP contribution in [0.25, 0.3) is 0 Å². The van der Waals surface area contributed by atoms with Crippen molar-refractivity contribution in [3.63, 3.8) is 0 Å². The van der Waals surface area contributed by atoms with Gasteiger partial charge >= 0.3 is 0 Å². The molecule has 3 saturated carbocycles. The van der Waals surface area contributed by atoms with Crippen molar-refractivity contribution >= 4 is 0 Å². The lowest BCUT2D eigenvalue weighted by Crippen LogP contribution is -2.66. The molecule has 0 aromatic heterocycles. The highest BCUT2D eigenvalue weighted by atomic mass is 16.7. The van der Waals surface area contributed by atoms with E-state index in [1.807, 2.05) is 6.08 Å². The predicted octanol–water partition coefficient (Wildman–Crippen LogP) is 0.605. The molecule has 0 aromatic rings. The average Bonchev–Trinajstić information content (AvgIpc) is 3.51. The molecule has 312 valence electrons. The smallest absolute Gasteiger partial charge is 0.187 e. The van der Waals surface area contributed by atoms with Gasteiger partial charge in [-0.1, -0.05) is 47.1 Å². The van der Waals surface area contributed by atoms with Gasteiger partial charge in [-0.3, -0.25) is 0 Å². The summed E-state index contributed by atoms with van der Waals surface area (Å²) in [5.41, 5.74) is -1.77. The zero-order chi connectivity index (χ0) is 39.5. The van der Waals surface area contributed by atoms with Gasteiger partial charge in [-0.05, 0) is 84.5 Å². The number of hydrogen-bond acceptors (Lipinski definition) is 14. The third-order valence-corrected chi connectivity index (χ3v) is 15.1. The Balaban J connectivity index is 1.12. The van der Waals surface area contributed by atoms with E-state index in [-0.39, 0.29) is 36.7 Å². The highest BCUT2D eigenvalue weighted by molar-refractivity contribution is 5.33. The van der Waals surface area contributed by atoms with Crippen LogP contribution in [0.2, 0.25) is 0 Å². The molecule has 0 bridgehead atoms. The third kappa shape index (κ3) is 7.38. The molecule has 14 heteroatoms. The molecule has 0 amide bonds. The maximum absolute atomic E-state index is 12.8. The van der Waals surface area contributed by atoms with Crippen LogP contribution in [0.15, 0.2) is 11.6 Å². The molecule has 2 aliphatic heterocycles. The molecule has 20 atom stereocenters. The summed E-state index contributed by atoms with van der Waals surface area (Å²) in [7, 11) is 1.42. The second-order valence-electron chi connectivity index (χ2n) is 18.4. The van der Waals surface area contributed by atoms with Crippen LogP contribution in [0.1, 0.15) is 86.0 Å². The largest absolute Gasteiger partial charge is 0.394 e. The van der Waals surface area contributed by atoms with Crippen LogP contribution in [-0.2, 0) is 23.7 Å². The van der Waals surface area contributed by atoms with Gasteiger partial charge in [0, 0.05) is 19.4 Å². The molecule has 0 spiro atoms. The topological polar surface area (TPSA) is 228 Å². The zero-order valence-corrected chi connectivity index (χ0v) is 32.8. The molecule has 54 heavy (non-hydrogen) atoms. The fourth-order valence-corrected chi connectivity index (χ4v) is 12.2. The van der Waals surface area contributed by atoms with Crippen molar-refractivity contribution < 1.29 is 69.6 Å². The fraction of sp³-hybridized carbons (Fsp3) is 0.950. The van der Waals surface area contributed by atoms with Gasteiger partial charge in [-0.15, -0.1) is 0 Å². The monoisotopic (exact) mass is 772 g/mol. The van der Waals surface area contributed by atoms with E-state index in [4.69, 9.17) is 23.7 Å². The van der Waals surface area contributed by atoms with Crippen molar-refractivity contribution in [1.82, 2.24) is 0 Å². The van der Waals surface area contributed by atoms with Gasteiger partial charge in [0.05, 0.1) is 49.8 Å². The Bertz CT molecular complexity index is 1300. The van der Waals surface area contributed by atoms with Crippen LogP contribution in [0.4, 0.5) is 0 Å². The molecule has 4 aliphatic carbocycles. The first-order valence-electron chi connectivity index (χ1n) is 20.3. The summed E-state index contributed by atoms with van der Waals surface area (Å²) < 4.78 is 28.6. The Labute approximate surface area is 319 Å². The van der Waals surface area contributed by atoms with Crippen molar-refractivity contribution in [3.8, 4) is 0 Å². The van der Waals surface area contributed by atoms with Gasteiger partial charge < -0.3 is 69.6 Å². The van der Waals surface area contributed by atoms with E-state index in [0.717, 1.165) is 18.4 Å². The van der Waals surface area contributed by atoms with Crippen molar-refractivity contribution in [2.75, 3.05) is 26.9 Å². The molecule has 6 aliphatic rings. The van der Waals surface area contributed by atoms with Gasteiger partial charge in [0.2, 0.25) is 0 Å². The minimum absolute atomic E-state index is 0.0251. The van der Waals surface area contributed by atoms with Crippen LogP contribution in [0.5, 0.6) is 0 Å². The number of aliphatic hydroxyl groups excluding tert-OH is 8. The summed E-state index contributed by atoms with van der Waals surface area (Å²) in [4.78, 5) is 0. The third-order valence-electron chi connectivity index (χ3n) is 15.1. The van der Waals surface area contributed by atoms with Crippen LogP contribution in [-0.4, -0.2) is 152 Å². The van der Waals surface area contributed by atoms with Crippen LogP contribution in [0.3, 0.4) is 0 Å². The summed E-state index contributed by atoms with van der Waals surface area (Å²) in [6.07, 6.45) is -5.12. The molecule has 14 nitrogen and oxygen atoms in total. The van der Waals surface area contributed by atoms with E-state index >= 15 is 0 Å². The molecule has 0 unspecified atom stereocenters. The van der Waals surface area contributed by atoms with E-state index < -0.39 is 103 Å². The molecule has 0 radical (unpaired) electrons. The van der Waals surface area contributed by atoms with Gasteiger partial charge in [-0.25, -0.2) is 0 Å². The van der Waals surface area contributed by atoms with Crippen LogP contribution in [0, 0.1) is 46.3 Å². The molecule has 6 rings (SSSR count). The maximum atomic E-state index is 12.8. The summed E-state index contributed by atoms with van der Waals surface area (Å²) in [5.74, 6) is -0.550. The number of ether oxygens (including phenoxy) is 5. The highest BCUT2D eigenvalue weighted by Gasteiger charge is 2.72. The van der Waals surface area contributed by atoms with E-state index in [0.29, 0.717) is 44.6 Å². The lowest BCUT2D eigenvalue weighted by atomic mass is 9.43. The van der Waals surface area contributed by atoms with Gasteiger partial charge in [0.1, 0.15) is 36.6 Å². The van der Waals surface area contributed by atoms with Crippen molar-refractivity contribution in [1.29, 1.82) is 0 Å². The molecular formula is C40H68O14. The van der Waals surface area contributed by atoms with Gasteiger partial charge in [-0.2, -0.15) is 0 Å². The van der Waals surface area contributed by atoms with E-state index in [1.165, 1.54) is 7.11 Å². The van der Waals surface area contributed by atoms with Crippen LogP contribution >= 0.6 is 0 Å². The Morgan fingerprint density at radius 3 is 2.24 bits per heavy atom. The molecular weight excluding hydrogens is 704 g/mol. The molecule has 2 heterocycles. The maximum Gasteiger partial charge on any atom is 0.187 e. The normalized spacial score (nSPS) is 50.3. The molecule has 5 fully saturated rings. The first-order chi connectivity index (χ1) is 25.4. The number of hydrogen-bond donors (Lipinski definition) is 9. The second kappa shape index (κ2) is 16.4. The highest BCUT2D eigenvalue weighted by Crippen LogP contribution is 2.69. The first kappa shape index (κ1) is 42.8. The van der Waals surface area contributed by atoms with E-state index in [1.54, 1.807) is 0 Å². The number of rotatable bonds is 13. The van der Waals surface area contributed by atoms with Crippen molar-refractivity contribution in [2.24, 2.45) is 46.3 Å². The van der Waals surface area contributed by atoms with E-state index in [9.17, 15) is 46.0 Å². The summed E-state index contributed by atoms with van der Waals surface area (Å²) in [6.45, 7) is 10.4. The lowest BCUT2D eigenvalue weighted by Gasteiger charge is -2.64. The number of fused-ring (bicyclic) bond motifs is 5. The Hall–Kier alpha value is -0.820. The molecule has 2 saturated heterocycles. The Morgan fingerprint density at radius 1 is 0.870 bits per heavy atom. The molecule has 0 aromatic carbocycles. The zero-order valence-electron chi connectivity index (χ0n) is 32.8. The average molecular weight is 773 g/mol. The summed E-state index contributed by atoms with van der Waals surface area (Å²) in [6, 6.07) is 0.